The zero-order valence-corrected chi connectivity index (χ0v) is 13.3. The summed E-state index contributed by atoms with van der Waals surface area (Å²) >= 11 is 0. The molecule has 0 radical (unpaired) electrons. The van der Waals surface area contributed by atoms with Gasteiger partial charge in [0.25, 0.3) is 0 Å². The van der Waals surface area contributed by atoms with Crippen LogP contribution in [0.1, 0.15) is 54.6 Å². The molecule has 1 aliphatic rings. The van der Waals surface area contributed by atoms with Crippen LogP contribution in [0.15, 0.2) is 48.5 Å². The van der Waals surface area contributed by atoms with Gasteiger partial charge in [-0.05, 0) is 42.4 Å². The first-order chi connectivity index (χ1) is 10.1. The lowest BCUT2D eigenvalue weighted by molar-refractivity contribution is 0.361. The predicted molar refractivity (Wildman–Crippen MR) is 89.4 cm³/mol. The maximum atomic E-state index is 3.92. The van der Waals surface area contributed by atoms with Crippen LogP contribution in [0.2, 0.25) is 0 Å². The number of hydrogen-bond donors (Lipinski definition) is 1. The average molecular weight is 279 g/mol. The molecular weight excluding hydrogens is 254 g/mol. The third kappa shape index (κ3) is 3.03. The molecule has 0 heterocycles. The lowest BCUT2D eigenvalue weighted by atomic mass is 9.94. The molecule has 1 nitrogen and oxygen atoms in total. The standard InChI is InChI=1S/C20H25N/c1-14(2)20(17-7-5-4-6-8-17)21-19-12-11-16-10-9-15(3)13-18(16)19/h4-10,13-14,19-21H,11-12H2,1-3H3. The molecule has 0 spiro atoms. The fourth-order valence-corrected chi connectivity index (χ4v) is 3.45. The van der Waals surface area contributed by atoms with Crippen molar-refractivity contribution in [2.75, 3.05) is 0 Å². The highest BCUT2D eigenvalue weighted by atomic mass is 15.0. The molecule has 0 bridgehead atoms. The highest BCUT2D eigenvalue weighted by molar-refractivity contribution is 5.38. The molecule has 3 rings (SSSR count). The molecule has 0 amide bonds. The lowest BCUT2D eigenvalue weighted by Gasteiger charge is -2.27. The van der Waals surface area contributed by atoms with Gasteiger partial charge in [0.2, 0.25) is 0 Å². The Labute approximate surface area is 128 Å². The Hall–Kier alpha value is -1.60. The molecule has 0 aliphatic heterocycles. The summed E-state index contributed by atoms with van der Waals surface area (Å²) < 4.78 is 0. The van der Waals surface area contributed by atoms with E-state index in [1.807, 2.05) is 0 Å². The Morgan fingerprint density at radius 2 is 1.81 bits per heavy atom. The summed E-state index contributed by atoms with van der Waals surface area (Å²) in [6.07, 6.45) is 2.42. The van der Waals surface area contributed by atoms with Crippen LogP contribution in [0, 0.1) is 12.8 Å². The molecule has 2 aromatic carbocycles. The molecule has 2 unspecified atom stereocenters. The van der Waals surface area contributed by atoms with E-state index in [1.165, 1.54) is 35.1 Å². The van der Waals surface area contributed by atoms with Crippen LogP contribution in [0.3, 0.4) is 0 Å². The molecule has 0 saturated heterocycles. The normalized spacial score (nSPS) is 18.8. The van der Waals surface area contributed by atoms with Crippen molar-refractivity contribution in [2.24, 2.45) is 5.92 Å². The summed E-state index contributed by atoms with van der Waals surface area (Å²) in [5, 5.41) is 3.92. The van der Waals surface area contributed by atoms with E-state index in [1.54, 1.807) is 0 Å². The van der Waals surface area contributed by atoms with Crippen molar-refractivity contribution < 1.29 is 0 Å². The van der Waals surface area contributed by atoms with Crippen LogP contribution in [-0.4, -0.2) is 0 Å². The summed E-state index contributed by atoms with van der Waals surface area (Å²) in [5.41, 5.74) is 5.79. The fraction of sp³-hybridized carbons (Fsp3) is 0.400. The minimum Gasteiger partial charge on any atom is -0.303 e. The zero-order chi connectivity index (χ0) is 14.8. The Morgan fingerprint density at radius 3 is 2.52 bits per heavy atom. The molecule has 1 heteroatoms. The third-order valence-corrected chi connectivity index (χ3v) is 4.59. The van der Waals surface area contributed by atoms with Gasteiger partial charge in [0.15, 0.2) is 0 Å². The van der Waals surface area contributed by atoms with E-state index in [0.29, 0.717) is 18.0 Å². The monoisotopic (exact) mass is 279 g/mol. The number of nitrogens with one attached hydrogen (secondary N) is 1. The largest absolute Gasteiger partial charge is 0.303 e. The predicted octanol–water partition coefficient (Wildman–Crippen LogP) is 4.97. The van der Waals surface area contributed by atoms with Crippen molar-refractivity contribution in [1.82, 2.24) is 5.32 Å². The molecule has 2 atom stereocenters. The van der Waals surface area contributed by atoms with E-state index in [4.69, 9.17) is 0 Å². The Balaban J connectivity index is 1.84. The second kappa shape index (κ2) is 6.03. The maximum absolute atomic E-state index is 3.92. The summed E-state index contributed by atoms with van der Waals surface area (Å²) in [4.78, 5) is 0. The van der Waals surface area contributed by atoms with E-state index < -0.39 is 0 Å². The van der Waals surface area contributed by atoms with Crippen molar-refractivity contribution in [1.29, 1.82) is 0 Å². The van der Waals surface area contributed by atoms with Gasteiger partial charge in [0.05, 0.1) is 0 Å². The van der Waals surface area contributed by atoms with Crippen LogP contribution in [0.4, 0.5) is 0 Å². The molecule has 1 aliphatic carbocycles. The van der Waals surface area contributed by atoms with Gasteiger partial charge < -0.3 is 5.32 Å². The average Bonchev–Trinajstić information content (AvgIpc) is 2.87. The summed E-state index contributed by atoms with van der Waals surface area (Å²) in [6.45, 7) is 6.79. The van der Waals surface area contributed by atoms with E-state index in [9.17, 15) is 0 Å². The highest BCUT2D eigenvalue weighted by Crippen LogP contribution is 2.35. The van der Waals surface area contributed by atoms with E-state index in [0.717, 1.165) is 0 Å². The van der Waals surface area contributed by atoms with Crippen LogP contribution >= 0.6 is 0 Å². The fourth-order valence-electron chi connectivity index (χ4n) is 3.45. The van der Waals surface area contributed by atoms with Crippen molar-refractivity contribution in [2.45, 2.75) is 45.7 Å². The number of aryl methyl sites for hydroxylation is 2. The molecule has 21 heavy (non-hydrogen) atoms. The molecule has 0 aromatic heterocycles. The molecular formula is C20H25N. The van der Waals surface area contributed by atoms with Gasteiger partial charge in [0, 0.05) is 12.1 Å². The van der Waals surface area contributed by atoms with Crippen molar-refractivity contribution >= 4 is 0 Å². The van der Waals surface area contributed by atoms with E-state index in [-0.39, 0.29) is 0 Å². The molecule has 0 fully saturated rings. The maximum Gasteiger partial charge on any atom is 0.0348 e. The van der Waals surface area contributed by atoms with E-state index in [2.05, 4.69) is 74.6 Å². The second-order valence-electron chi connectivity index (χ2n) is 6.59. The Morgan fingerprint density at radius 1 is 1.05 bits per heavy atom. The van der Waals surface area contributed by atoms with Gasteiger partial charge in [-0.15, -0.1) is 0 Å². The SMILES string of the molecule is Cc1ccc2c(c1)C(NC(c1ccccc1)C(C)C)CC2. The summed E-state index contributed by atoms with van der Waals surface area (Å²) in [5.74, 6) is 0.584. The number of hydrogen-bond acceptors (Lipinski definition) is 1. The smallest absolute Gasteiger partial charge is 0.0348 e. The van der Waals surface area contributed by atoms with Crippen LogP contribution in [0.5, 0.6) is 0 Å². The molecule has 2 aromatic rings. The number of fused-ring (bicyclic) bond motifs is 1. The highest BCUT2D eigenvalue weighted by Gasteiger charge is 2.26. The molecule has 1 N–H and O–H groups in total. The Kier molecular flexibility index (Phi) is 4.12. The van der Waals surface area contributed by atoms with Crippen LogP contribution in [0.25, 0.3) is 0 Å². The van der Waals surface area contributed by atoms with Gasteiger partial charge in [-0.1, -0.05) is 67.9 Å². The Bertz CT molecular complexity index is 600. The van der Waals surface area contributed by atoms with Crippen LogP contribution in [-0.2, 0) is 6.42 Å². The summed E-state index contributed by atoms with van der Waals surface area (Å²) in [7, 11) is 0. The number of benzene rings is 2. The minimum absolute atomic E-state index is 0.419. The van der Waals surface area contributed by atoms with Gasteiger partial charge in [-0.2, -0.15) is 0 Å². The molecule has 110 valence electrons. The minimum atomic E-state index is 0.419. The van der Waals surface area contributed by atoms with Gasteiger partial charge in [-0.3, -0.25) is 0 Å². The quantitative estimate of drug-likeness (QED) is 0.833. The first-order valence-corrected chi connectivity index (χ1v) is 8.05. The van der Waals surface area contributed by atoms with Gasteiger partial charge in [-0.25, -0.2) is 0 Å². The number of rotatable bonds is 4. The third-order valence-electron chi connectivity index (χ3n) is 4.59. The van der Waals surface area contributed by atoms with Gasteiger partial charge >= 0.3 is 0 Å². The second-order valence-corrected chi connectivity index (χ2v) is 6.59. The molecule has 0 saturated carbocycles. The van der Waals surface area contributed by atoms with Gasteiger partial charge in [0.1, 0.15) is 0 Å². The summed E-state index contributed by atoms with van der Waals surface area (Å²) in [6, 6.07) is 18.7. The topological polar surface area (TPSA) is 12.0 Å². The first kappa shape index (κ1) is 14.3. The first-order valence-electron chi connectivity index (χ1n) is 8.05. The zero-order valence-electron chi connectivity index (χ0n) is 13.3. The van der Waals surface area contributed by atoms with Crippen LogP contribution < -0.4 is 5.32 Å². The van der Waals surface area contributed by atoms with Crippen molar-refractivity contribution in [3.8, 4) is 0 Å². The lowest BCUT2D eigenvalue weighted by Crippen LogP contribution is -2.28. The van der Waals surface area contributed by atoms with Crippen molar-refractivity contribution in [3.05, 3.63) is 70.8 Å². The van der Waals surface area contributed by atoms with E-state index >= 15 is 0 Å². The van der Waals surface area contributed by atoms with Crippen molar-refractivity contribution in [3.63, 3.8) is 0 Å².